The summed E-state index contributed by atoms with van der Waals surface area (Å²) in [7, 11) is 1.70. The number of ether oxygens (including phenoxy) is 1. The maximum Gasteiger partial charge on any atom is 0.0635 e. The Morgan fingerprint density at radius 2 is 2.00 bits per heavy atom. The van der Waals surface area contributed by atoms with Crippen molar-refractivity contribution in [2.45, 2.75) is 6.42 Å². The van der Waals surface area contributed by atoms with Crippen molar-refractivity contribution in [2.75, 3.05) is 31.5 Å². The third-order valence-electron chi connectivity index (χ3n) is 1.97. The molecule has 14 heavy (non-hydrogen) atoms. The van der Waals surface area contributed by atoms with E-state index in [0.29, 0.717) is 5.88 Å². The van der Waals surface area contributed by atoms with E-state index in [1.165, 1.54) is 5.56 Å². The van der Waals surface area contributed by atoms with Crippen LogP contribution in [0.3, 0.4) is 0 Å². The van der Waals surface area contributed by atoms with Gasteiger partial charge in [0, 0.05) is 25.2 Å². The van der Waals surface area contributed by atoms with Crippen molar-refractivity contribution < 1.29 is 4.74 Å². The number of hydrogen-bond acceptors (Lipinski definition) is 2. The van der Waals surface area contributed by atoms with E-state index in [9.17, 15) is 0 Å². The zero-order valence-electron chi connectivity index (χ0n) is 8.42. The SMILES string of the molecule is COCCNc1ccc(CCCl)cc1. The van der Waals surface area contributed by atoms with Gasteiger partial charge in [-0.05, 0) is 24.1 Å². The highest BCUT2D eigenvalue weighted by Crippen LogP contribution is 2.09. The van der Waals surface area contributed by atoms with Crippen LogP contribution >= 0.6 is 11.6 Å². The van der Waals surface area contributed by atoms with Crippen LogP contribution in [0.15, 0.2) is 24.3 Å². The van der Waals surface area contributed by atoms with E-state index in [1.54, 1.807) is 7.11 Å². The van der Waals surface area contributed by atoms with E-state index in [2.05, 4.69) is 29.6 Å². The van der Waals surface area contributed by atoms with Crippen LogP contribution < -0.4 is 5.32 Å². The molecule has 0 heterocycles. The van der Waals surface area contributed by atoms with Crippen LogP contribution in [0, 0.1) is 0 Å². The van der Waals surface area contributed by atoms with Crippen molar-refractivity contribution in [3.63, 3.8) is 0 Å². The lowest BCUT2D eigenvalue weighted by Crippen LogP contribution is -2.07. The summed E-state index contributed by atoms with van der Waals surface area (Å²) in [6.07, 6.45) is 0.930. The number of anilines is 1. The zero-order valence-corrected chi connectivity index (χ0v) is 9.18. The highest BCUT2D eigenvalue weighted by Gasteiger charge is 1.93. The molecule has 1 aromatic carbocycles. The average Bonchev–Trinajstić information content (AvgIpc) is 2.21. The van der Waals surface area contributed by atoms with Crippen LogP contribution in [0.5, 0.6) is 0 Å². The molecule has 0 aromatic heterocycles. The number of benzene rings is 1. The highest BCUT2D eigenvalue weighted by atomic mass is 35.5. The molecule has 0 aliphatic rings. The first-order valence-corrected chi connectivity index (χ1v) is 5.28. The van der Waals surface area contributed by atoms with E-state index >= 15 is 0 Å². The molecular formula is C11H16ClNO. The highest BCUT2D eigenvalue weighted by molar-refractivity contribution is 6.17. The second-order valence-corrected chi connectivity index (χ2v) is 3.43. The van der Waals surface area contributed by atoms with Crippen LogP contribution in [0.25, 0.3) is 0 Å². The first-order chi connectivity index (χ1) is 6.86. The Labute approximate surface area is 90.2 Å². The van der Waals surface area contributed by atoms with Gasteiger partial charge in [-0.25, -0.2) is 0 Å². The van der Waals surface area contributed by atoms with Crippen LogP contribution in [-0.4, -0.2) is 26.1 Å². The number of aryl methyl sites for hydroxylation is 1. The van der Waals surface area contributed by atoms with Gasteiger partial charge in [0.15, 0.2) is 0 Å². The predicted octanol–water partition coefficient (Wildman–Crippen LogP) is 2.53. The molecule has 1 N–H and O–H groups in total. The molecular weight excluding hydrogens is 198 g/mol. The smallest absolute Gasteiger partial charge is 0.0635 e. The molecule has 78 valence electrons. The summed E-state index contributed by atoms with van der Waals surface area (Å²) in [4.78, 5) is 0. The van der Waals surface area contributed by atoms with Gasteiger partial charge in [0.1, 0.15) is 0 Å². The Bertz CT molecular complexity index is 248. The van der Waals surface area contributed by atoms with Crippen molar-refractivity contribution in [3.8, 4) is 0 Å². The largest absolute Gasteiger partial charge is 0.383 e. The Hall–Kier alpha value is -0.730. The zero-order chi connectivity index (χ0) is 10.2. The molecule has 1 aromatic rings. The molecule has 2 nitrogen and oxygen atoms in total. The molecule has 0 saturated heterocycles. The molecule has 0 atom stereocenters. The maximum absolute atomic E-state index is 5.65. The normalized spacial score (nSPS) is 10.1. The topological polar surface area (TPSA) is 21.3 Å². The number of nitrogens with one attached hydrogen (secondary N) is 1. The van der Waals surface area contributed by atoms with Crippen molar-refractivity contribution in [1.29, 1.82) is 0 Å². The van der Waals surface area contributed by atoms with Crippen molar-refractivity contribution in [1.82, 2.24) is 0 Å². The van der Waals surface area contributed by atoms with Crippen molar-refractivity contribution in [2.24, 2.45) is 0 Å². The number of rotatable bonds is 6. The fourth-order valence-corrected chi connectivity index (χ4v) is 1.41. The van der Waals surface area contributed by atoms with E-state index in [-0.39, 0.29) is 0 Å². The standard InChI is InChI=1S/C11H16ClNO/c1-14-9-8-13-11-4-2-10(3-5-11)6-7-12/h2-5,13H,6-9H2,1H3. The third kappa shape index (κ3) is 3.99. The van der Waals surface area contributed by atoms with Gasteiger partial charge < -0.3 is 10.1 Å². The van der Waals surface area contributed by atoms with E-state index in [1.807, 2.05) is 0 Å². The van der Waals surface area contributed by atoms with Gasteiger partial charge in [0.2, 0.25) is 0 Å². The van der Waals surface area contributed by atoms with Gasteiger partial charge in [0.25, 0.3) is 0 Å². The molecule has 0 spiro atoms. The van der Waals surface area contributed by atoms with E-state index in [4.69, 9.17) is 16.3 Å². The molecule has 0 unspecified atom stereocenters. The molecule has 3 heteroatoms. The lowest BCUT2D eigenvalue weighted by atomic mass is 10.1. The fraction of sp³-hybridized carbons (Fsp3) is 0.455. The Morgan fingerprint density at radius 1 is 1.29 bits per heavy atom. The second kappa shape index (κ2) is 6.68. The summed E-state index contributed by atoms with van der Waals surface area (Å²) in [6.45, 7) is 1.56. The lowest BCUT2D eigenvalue weighted by molar-refractivity contribution is 0.211. The quantitative estimate of drug-likeness (QED) is 0.579. The van der Waals surface area contributed by atoms with Gasteiger partial charge in [-0.2, -0.15) is 0 Å². The summed E-state index contributed by atoms with van der Waals surface area (Å²) in [6, 6.07) is 8.32. The van der Waals surface area contributed by atoms with Gasteiger partial charge in [-0.15, -0.1) is 11.6 Å². The number of alkyl halides is 1. The minimum absolute atomic E-state index is 0.677. The number of methoxy groups -OCH3 is 1. The molecule has 1 rings (SSSR count). The average molecular weight is 214 g/mol. The van der Waals surface area contributed by atoms with Crippen molar-refractivity contribution >= 4 is 17.3 Å². The Morgan fingerprint density at radius 3 is 2.57 bits per heavy atom. The Balaban J connectivity index is 2.38. The fourth-order valence-electron chi connectivity index (χ4n) is 1.20. The Kier molecular flexibility index (Phi) is 5.42. The molecule has 0 bridgehead atoms. The van der Waals surface area contributed by atoms with Crippen LogP contribution in [0.2, 0.25) is 0 Å². The molecule has 0 amide bonds. The summed E-state index contributed by atoms with van der Waals surface area (Å²) in [5, 5.41) is 3.26. The van der Waals surface area contributed by atoms with E-state index < -0.39 is 0 Å². The van der Waals surface area contributed by atoms with Gasteiger partial charge in [0.05, 0.1) is 6.61 Å². The molecule has 0 saturated carbocycles. The summed E-state index contributed by atoms with van der Waals surface area (Å²) in [5.74, 6) is 0.677. The summed E-state index contributed by atoms with van der Waals surface area (Å²) >= 11 is 5.65. The maximum atomic E-state index is 5.65. The summed E-state index contributed by atoms with van der Waals surface area (Å²) < 4.78 is 4.95. The molecule has 0 radical (unpaired) electrons. The number of halogens is 1. The first-order valence-electron chi connectivity index (χ1n) is 4.74. The van der Waals surface area contributed by atoms with Gasteiger partial charge >= 0.3 is 0 Å². The monoisotopic (exact) mass is 213 g/mol. The second-order valence-electron chi connectivity index (χ2n) is 3.06. The molecule has 0 aliphatic carbocycles. The van der Waals surface area contributed by atoms with E-state index in [0.717, 1.165) is 25.3 Å². The minimum atomic E-state index is 0.677. The van der Waals surface area contributed by atoms with Gasteiger partial charge in [-0.1, -0.05) is 12.1 Å². The number of hydrogen-bond donors (Lipinski definition) is 1. The van der Waals surface area contributed by atoms with Gasteiger partial charge in [-0.3, -0.25) is 0 Å². The summed E-state index contributed by atoms with van der Waals surface area (Å²) in [5.41, 5.74) is 2.40. The first kappa shape index (κ1) is 11.3. The molecule has 0 fully saturated rings. The van der Waals surface area contributed by atoms with Crippen LogP contribution in [0.4, 0.5) is 5.69 Å². The van der Waals surface area contributed by atoms with Crippen molar-refractivity contribution in [3.05, 3.63) is 29.8 Å². The third-order valence-corrected chi connectivity index (χ3v) is 2.16. The molecule has 0 aliphatic heterocycles. The van der Waals surface area contributed by atoms with Crippen LogP contribution in [0.1, 0.15) is 5.56 Å². The van der Waals surface area contributed by atoms with Crippen LogP contribution in [-0.2, 0) is 11.2 Å². The predicted molar refractivity (Wildman–Crippen MR) is 61.2 cm³/mol. The lowest BCUT2D eigenvalue weighted by Gasteiger charge is -2.06. The minimum Gasteiger partial charge on any atom is -0.383 e.